The largest absolute Gasteiger partial charge is 0.373 e. The normalized spacial score (nSPS) is 20.1. The smallest absolute Gasteiger partial charge is 0.253 e. The Bertz CT molecular complexity index is 790. The minimum atomic E-state index is 0.0986. The number of carbonyl (C=O) groups is 1. The van der Waals surface area contributed by atoms with Crippen molar-refractivity contribution in [3.63, 3.8) is 0 Å². The van der Waals surface area contributed by atoms with E-state index in [1.807, 2.05) is 42.3 Å². The van der Waals surface area contributed by atoms with Gasteiger partial charge in [-0.05, 0) is 25.6 Å². The second-order valence-corrected chi connectivity index (χ2v) is 7.20. The first kappa shape index (κ1) is 17.0. The molecule has 2 aliphatic rings. The minimum absolute atomic E-state index is 0.0986. The van der Waals surface area contributed by atoms with Crippen molar-refractivity contribution in [2.75, 3.05) is 39.0 Å². The predicted molar refractivity (Wildman–Crippen MR) is 101 cm³/mol. The highest BCUT2D eigenvalue weighted by molar-refractivity contribution is 5.94. The van der Waals surface area contributed by atoms with Crippen LogP contribution in [0.2, 0.25) is 0 Å². The Labute approximate surface area is 154 Å². The van der Waals surface area contributed by atoms with Gasteiger partial charge in [-0.3, -0.25) is 4.79 Å². The summed E-state index contributed by atoms with van der Waals surface area (Å²) in [5, 5.41) is 3.24. The first-order valence-electron chi connectivity index (χ1n) is 9.26. The molecular weight excluding hydrogens is 326 g/mol. The lowest BCUT2D eigenvalue weighted by atomic mass is 10.0. The summed E-state index contributed by atoms with van der Waals surface area (Å²) in [7, 11) is 4.04. The van der Waals surface area contributed by atoms with Gasteiger partial charge in [0.15, 0.2) is 0 Å². The Kier molecular flexibility index (Phi) is 4.59. The van der Waals surface area contributed by atoms with Crippen molar-refractivity contribution in [1.82, 2.24) is 19.8 Å². The highest BCUT2D eigenvalue weighted by atomic mass is 16.2. The molecule has 0 spiro atoms. The van der Waals surface area contributed by atoms with Crippen molar-refractivity contribution in [2.45, 2.75) is 25.3 Å². The molecule has 0 saturated carbocycles. The minimum Gasteiger partial charge on any atom is -0.373 e. The van der Waals surface area contributed by atoms with Gasteiger partial charge < -0.3 is 15.1 Å². The van der Waals surface area contributed by atoms with Gasteiger partial charge in [0.05, 0.1) is 5.69 Å². The Balaban J connectivity index is 1.55. The molecule has 1 aromatic heterocycles. The van der Waals surface area contributed by atoms with E-state index >= 15 is 0 Å². The molecule has 3 heterocycles. The van der Waals surface area contributed by atoms with Gasteiger partial charge in [0, 0.05) is 56.7 Å². The molecule has 2 aromatic rings. The molecule has 1 amide bonds. The fourth-order valence-corrected chi connectivity index (χ4v) is 3.88. The first-order chi connectivity index (χ1) is 12.7. The highest BCUT2D eigenvalue weighted by Crippen LogP contribution is 2.30. The van der Waals surface area contributed by atoms with Crippen LogP contribution >= 0.6 is 0 Å². The number of benzene rings is 1. The number of likely N-dealkylation sites (N-methyl/N-ethyl adjacent to an activating group) is 1. The fraction of sp³-hybridized carbons (Fsp3) is 0.450. The van der Waals surface area contributed by atoms with Gasteiger partial charge in [-0.25, -0.2) is 9.97 Å². The van der Waals surface area contributed by atoms with E-state index < -0.39 is 0 Å². The molecule has 4 rings (SSSR count). The molecule has 0 bridgehead atoms. The number of nitrogens with zero attached hydrogens (tertiary/aromatic N) is 4. The number of nitrogens with one attached hydrogen (secondary N) is 1. The summed E-state index contributed by atoms with van der Waals surface area (Å²) in [6.07, 6.45) is 1.87. The van der Waals surface area contributed by atoms with E-state index in [2.05, 4.69) is 17.3 Å². The Morgan fingerprint density at radius 2 is 2.00 bits per heavy atom. The van der Waals surface area contributed by atoms with E-state index in [4.69, 9.17) is 9.97 Å². The van der Waals surface area contributed by atoms with Crippen LogP contribution in [0, 0.1) is 0 Å². The Morgan fingerprint density at radius 1 is 1.19 bits per heavy atom. The molecular formula is C20H25N5O. The maximum Gasteiger partial charge on any atom is 0.253 e. The number of hydrogen-bond donors (Lipinski definition) is 1. The summed E-state index contributed by atoms with van der Waals surface area (Å²) in [6, 6.07) is 9.50. The zero-order chi connectivity index (χ0) is 18.1. The quantitative estimate of drug-likeness (QED) is 0.918. The third-order valence-corrected chi connectivity index (χ3v) is 5.37. The van der Waals surface area contributed by atoms with Crippen molar-refractivity contribution >= 4 is 11.7 Å². The summed E-state index contributed by atoms with van der Waals surface area (Å²) in [5.41, 5.74) is 3.11. The van der Waals surface area contributed by atoms with Crippen LogP contribution in [0.4, 0.5) is 5.82 Å². The van der Waals surface area contributed by atoms with Crippen LogP contribution in [-0.2, 0) is 13.0 Å². The zero-order valence-corrected chi connectivity index (χ0v) is 15.4. The number of hydrogen-bond acceptors (Lipinski definition) is 5. The molecule has 0 aliphatic carbocycles. The fourth-order valence-electron chi connectivity index (χ4n) is 3.88. The van der Waals surface area contributed by atoms with Crippen molar-refractivity contribution in [3.05, 3.63) is 53.0 Å². The number of aromatic nitrogens is 2. The summed E-state index contributed by atoms with van der Waals surface area (Å²) in [5.74, 6) is 2.12. The molecule has 0 radical (unpaired) electrons. The third kappa shape index (κ3) is 3.17. The summed E-state index contributed by atoms with van der Waals surface area (Å²) < 4.78 is 0. The van der Waals surface area contributed by atoms with Crippen molar-refractivity contribution in [1.29, 1.82) is 0 Å². The number of fused-ring (bicyclic) bond motifs is 1. The predicted octanol–water partition coefficient (Wildman–Crippen LogP) is 2.14. The average Bonchev–Trinajstić information content (AvgIpc) is 3.17. The molecule has 1 N–H and O–H groups in total. The maximum atomic E-state index is 12.7. The second-order valence-electron chi connectivity index (χ2n) is 7.20. The van der Waals surface area contributed by atoms with Crippen molar-refractivity contribution in [2.24, 2.45) is 0 Å². The van der Waals surface area contributed by atoms with Crippen molar-refractivity contribution < 1.29 is 4.79 Å². The van der Waals surface area contributed by atoms with Crippen LogP contribution in [0.3, 0.4) is 0 Å². The van der Waals surface area contributed by atoms with E-state index in [1.165, 1.54) is 5.56 Å². The lowest BCUT2D eigenvalue weighted by Crippen LogP contribution is -2.30. The van der Waals surface area contributed by atoms with E-state index in [0.29, 0.717) is 6.54 Å². The van der Waals surface area contributed by atoms with Gasteiger partial charge in [-0.2, -0.15) is 0 Å². The molecule has 1 unspecified atom stereocenters. The standard InChI is InChI=1S/C20H25N5O/c1-21-19-16-13-24(2)10-9-17(16)22-18(23-19)15-8-11-25(12-15)20(26)14-6-4-3-5-7-14/h3-7,15H,8-13H2,1-2H3,(H,21,22,23). The highest BCUT2D eigenvalue weighted by Gasteiger charge is 2.31. The molecule has 6 nitrogen and oxygen atoms in total. The van der Waals surface area contributed by atoms with E-state index in [-0.39, 0.29) is 11.8 Å². The first-order valence-corrected chi connectivity index (χ1v) is 9.26. The lowest BCUT2D eigenvalue weighted by molar-refractivity contribution is 0.0790. The van der Waals surface area contributed by atoms with Gasteiger partial charge in [0.2, 0.25) is 0 Å². The summed E-state index contributed by atoms with van der Waals surface area (Å²) in [6.45, 7) is 3.36. The number of anilines is 1. The molecule has 2 aliphatic heterocycles. The van der Waals surface area contributed by atoms with Gasteiger partial charge in [-0.15, -0.1) is 0 Å². The number of carbonyl (C=O) groups excluding carboxylic acids is 1. The topological polar surface area (TPSA) is 61.4 Å². The molecule has 1 saturated heterocycles. The molecule has 6 heteroatoms. The Hall–Kier alpha value is -2.47. The van der Waals surface area contributed by atoms with Gasteiger partial charge in [0.1, 0.15) is 11.6 Å². The molecule has 136 valence electrons. The van der Waals surface area contributed by atoms with Crippen LogP contribution in [0.5, 0.6) is 0 Å². The monoisotopic (exact) mass is 351 g/mol. The average molecular weight is 351 g/mol. The molecule has 26 heavy (non-hydrogen) atoms. The summed E-state index contributed by atoms with van der Waals surface area (Å²) >= 11 is 0. The molecule has 1 atom stereocenters. The zero-order valence-electron chi connectivity index (χ0n) is 15.4. The summed E-state index contributed by atoms with van der Waals surface area (Å²) in [4.78, 5) is 26.6. The van der Waals surface area contributed by atoms with Gasteiger partial charge in [0.25, 0.3) is 5.91 Å². The SMILES string of the molecule is CNc1nc(C2CCN(C(=O)c3ccccc3)C2)nc2c1CN(C)CC2. The van der Waals surface area contributed by atoms with Crippen LogP contribution in [-0.4, -0.2) is 59.4 Å². The number of likely N-dealkylation sites (tertiary alicyclic amines) is 1. The van der Waals surface area contributed by atoms with Crippen LogP contribution in [0.25, 0.3) is 0 Å². The van der Waals surface area contributed by atoms with E-state index in [9.17, 15) is 4.79 Å². The van der Waals surface area contributed by atoms with Crippen molar-refractivity contribution in [3.8, 4) is 0 Å². The van der Waals surface area contributed by atoms with Crippen LogP contribution in [0.1, 0.15) is 39.8 Å². The van der Waals surface area contributed by atoms with Gasteiger partial charge in [-0.1, -0.05) is 18.2 Å². The van der Waals surface area contributed by atoms with E-state index in [1.54, 1.807) is 0 Å². The van der Waals surface area contributed by atoms with Crippen LogP contribution in [0.15, 0.2) is 30.3 Å². The maximum absolute atomic E-state index is 12.7. The molecule has 1 aromatic carbocycles. The molecule has 1 fully saturated rings. The third-order valence-electron chi connectivity index (χ3n) is 5.37. The van der Waals surface area contributed by atoms with Crippen LogP contribution < -0.4 is 5.32 Å². The number of amides is 1. The number of rotatable bonds is 3. The van der Waals surface area contributed by atoms with Gasteiger partial charge >= 0.3 is 0 Å². The Morgan fingerprint density at radius 3 is 2.77 bits per heavy atom. The van der Waals surface area contributed by atoms with E-state index in [0.717, 1.165) is 55.4 Å². The second kappa shape index (κ2) is 7.03. The lowest BCUT2D eigenvalue weighted by Gasteiger charge is -2.26.